The van der Waals surface area contributed by atoms with Crippen molar-refractivity contribution in [1.82, 2.24) is 4.98 Å². The van der Waals surface area contributed by atoms with Gasteiger partial charge in [0.2, 0.25) is 5.88 Å². The summed E-state index contributed by atoms with van der Waals surface area (Å²) in [6.45, 7) is 1.60. The number of aliphatic hydroxyl groups is 1. The molecule has 18 heavy (non-hydrogen) atoms. The number of hydrogen-bond donors (Lipinski definition) is 1. The second-order valence-corrected chi connectivity index (χ2v) is 3.78. The quantitative estimate of drug-likeness (QED) is 0.910. The monoisotopic (exact) mass is 251 g/mol. The zero-order valence-electron chi connectivity index (χ0n) is 9.60. The van der Waals surface area contributed by atoms with E-state index in [2.05, 4.69) is 4.98 Å². The number of ether oxygens (including phenoxy) is 1. The van der Waals surface area contributed by atoms with Gasteiger partial charge in [-0.15, -0.1) is 0 Å². The summed E-state index contributed by atoms with van der Waals surface area (Å²) in [7, 11) is 0. The summed E-state index contributed by atoms with van der Waals surface area (Å²) in [6, 6.07) is 6.01. The fourth-order valence-electron chi connectivity index (χ4n) is 1.37. The largest absolute Gasteiger partial charge is 0.436 e. The molecule has 0 unspecified atom stereocenters. The van der Waals surface area contributed by atoms with E-state index in [1.165, 1.54) is 12.3 Å². The number of benzene rings is 1. The molecule has 0 saturated carbocycles. The average Bonchev–Trinajstić information content (AvgIpc) is 2.34. The lowest BCUT2D eigenvalue weighted by Crippen LogP contribution is -1.95. The molecular weight excluding hydrogens is 240 g/mol. The highest BCUT2D eigenvalue weighted by Crippen LogP contribution is 2.24. The van der Waals surface area contributed by atoms with E-state index in [9.17, 15) is 13.9 Å². The first kappa shape index (κ1) is 12.4. The van der Waals surface area contributed by atoms with Crippen LogP contribution in [0.1, 0.15) is 18.6 Å². The van der Waals surface area contributed by atoms with Gasteiger partial charge >= 0.3 is 0 Å². The topological polar surface area (TPSA) is 42.4 Å². The van der Waals surface area contributed by atoms with E-state index in [4.69, 9.17) is 4.74 Å². The van der Waals surface area contributed by atoms with Gasteiger partial charge in [0, 0.05) is 18.3 Å². The Morgan fingerprint density at radius 3 is 2.61 bits per heavy atom. The number of nitrogens with zero attached hydrogens (tertiary/aromatic N) is 1. The van der Waals surface area contributed by atoms with Gasteiger partial charge in [0.15, 0.2) is 11.6 Å². The van der Waals surface area contributed by atoms with Crippen molar-refractivity contribution < 1.29 is 18.6 Å². The first-order chi connectivity index (χ1) is 8.56. The summed E-state index contributed by atoms with van der Waals surface area (Å²) in [5.41, 5.74) is 0.613. The van der Waals surface area contributed by atoms with Crippen molar-refractivity contribution in [3.8, 4) is 11.6 Å². The van der Waals surface area contributed by atoms with Gasteiger partial charge in [0.05, 0.1) is 6.10 Å². The molecule has 2 rings (SSSR count). The highest BCUT2D eigenvalue weighted by Gasteiger charge is 2.08. The second-order valence-electron chi connectivity index (χ2n) is 3.78. The number of rotatable bonds is 3. The molecule has 2 aromatic rings. The van der Waals surface area contributed by atoms with E-state index in [-0.39, 0.29) is 11.6 Å². The molecule has 3 nitrogen and oxygen atoms in total. The minimum absolute atomic E-state index is 0.129. The molecular formula is C13H11F2NO2. The van der Waals surface area contributed by atoms with Gasteiger partial charge in [-0.25, -0.2) is 13.8 Å². The summed E-state index contributed by atoms with van der Waals surface area (Å²) in [4.78, 5) is 3.89. The van der Waals surface area contributed by atoms with Gasteiger partial charge in [0.25, 0.3) is 0 Å². The Balaban J connectivity index is 2.21. The van der Waals surface area contributed by atoms with Crippen LogP contribution in [-0.2, 0) is 0 Å². The Morgan fingerprint density at radius 1 is 1.22 bits per heavy atom. The van der Waals surface area contributed by atoms with E-state index >= 15 is 0 Å². The molecule has 1 aromatic carbocycles. The van der Waals surface area contributed by atoms with Crippen molar-refractivity contribution in [3.05, 3.63) is 53.7 Å². The lowest BCUT2D eigenvalue weighted by atomic mass is 10.2. The molecule has 0 saturated heterocycles. The van der Waals surface area contributed by atoms with Gasteiger partial charge in [-0.2, -0.15) is 0 Å². The zero-order chi connectivity index (χ0) is 13.1. The Kier molecular flexibility index (Phi) is 3.53. The van der Waals surface area contributed by atoms with Crippen molar-refractivity contribution in [3.63, 3.8) is 0 Å². The third-order valence-corrected chi connectivity index (χ3v) is 2.35. The second kappa shape index (κ2) is 5.10. The van der Waals surface area contributed by atoms with Gasteiger partial charge in [-0.05, 0) is 30.7 Å². The predicted octanol–water partition coefficient (Wildman–Crippen LogP) is 3.21. The average molecular weight is 251 g/mol. The van der Waals surface area contributed by atoms with Crippen molar-refractivity contribution in [2.24, 2.45) is 0 Å². The molecule has 0 amide bonds. The van der Waals surface area contributed by atoms with Crippen LogP contribution in [0.2, 0.25) is 0 Å². The molecule has 0 spiro atoms. The maximum Gasteiger partial charge on any atom is 0.219 e. The fourth-order valence-corrected chi connectivity index (χ4v) is 1.37. The van der Waals surface area contributed by atoms with Gasteiger partial charge in [0.1, 0.15) is 5.82 Å². The summed E-state index contributed by atoms with van der Waals surface area (Å²) < 4.78 is 31.3. The van der Waals surface area contributed by atoms with Crippen molar-refractivity contribution in [2.75, 3.05) is 0 Å². The van der Waals surface area contributed by atoms with Crippen LogP contribution >= 0.6 is 0 Å². The molecule has 0 aliphatic carbocycles. The van der Waals surface area contributed by atoms with Crippen molar-refractivity contribution in [2.45, 2.75) is 13.0 Å². The third-order valence-electron chi connectivity index (χ3n) is 2.35. The van der Waals surface area contributed by atoms with Gasteiger partial charge < -0.3 is 9.84 Å². The Labute approximate surface area is 103 Å². The Morgan fingerprint density at radius 2 is 2.00 bits per heavy atom. The van der Waals surface area contributed by atoms with E-state index in [0.717, 1.165) is 18.2 Å². The molecule has 0 aliphatic heterocycles. The normalized spacial score (nSPS) is 12.2. The summed E-state index contributed by atoms with van der Waals surface area (Å²) in [5, 5.41) is 9.29. The van der Waals surface area contributed by atoms with Crippen LogP contribution in [0.25, 0.3) is 0 Å². The van der Waals surface area contributed by atoms with Crippen LogP contribution in [0.3, 0.4) is 0 Å². The van der Waals surface area contributed by atoms with Crippen LogP contribution in [0.4, 0.5) is 8.78 Å². The standard InChI is InChI=1S/C13H11F2NO2/c1-8(17)9-2-5-13(16-7-9)18-12-6-10(14)3-4-11(12)15/h2-8,17H,1H3/t8-/m1/s1. The first-order valence-corrected chi connectivity index (χ1v) is 5.33. The molecule has 0 aliphatic rings. The van der Waals surface area contributed by atoms with Crippen LogP contribution in [0.15, 0.2) is 36.5 Å². The van der Waals surface area contributed by atoms with Crippen molar-refractivity contribution in [1.29, 1.82) is 0 Å². The molecule has 1 heterocycles. The maximum atomic E-state index is 13.3. The van der Waals surface area contributed by atoms with Crippen LogP contribution in [-0.4, -0.2) is 10.1 Å². The van der Waals surface area contributed by atoms with E-state index in [1.54, 1.807) is 13.0 Å². The molecule has 0 fully saturated rings. The van der Waals surface area contributed by atoms with E-state index < -0.39 is 17.7 Å². The van der Waals surface area contributed by atoms with Gasteiger partial charge in [-0.1, -0.05) is 0 Å². The van der Waals surface area contributed by atoms with Gasteiger partial charge in [-0.3, -0.25) is 0 Å². The molecule has 5 heteroatoms. The lowest BCUT2D eigenvalue weighted by molar-refractivity contribution is 0.198. The van der Waals surface area contributed by atoms with Crippen LogP contribution < -0.4 is 4.74 Å². The number of aliphatic hydroxyl groups excluding tert-OH is 1. The lowest BCUT2D eigenvalue weighted by Gasteiger charge is -2.07. The highest BCUT2D eigenvalue weighted by atomic mass is 19.1. The number of halogens is 2. The predicted molar refractivity (Wildman–Crippen MR) is 61.3 cm³/mol. The minimum Gasteiger partial charge on any atom is -0.436 e. The summed E-state index contributed by atoms with van der Waals surface area (Å²) in [6.07, 6.45) is 0.773. The smallest absolute Gasteiger partial charge is 0.219 e. The highest BCUT2D eigenvalue weighted by molar-refractivity contribution is 5.30. The molecule has 1 N–H and O–H groups in total. The molecule has 94 valence electrons. The number of aromatic nitrogens is 1. The summed E-state index contributed by atoms with van der Waals surface area (Å²) in [5.74, 6) is -1.36. The van der Waals surface area contributed by atoms with Crippen LogP contribution in [0.5, 0.6) is 11.6 Å². The SMILES string of the molecule is C[C@@H](O)c1ccc(Oc2cc(F)ccc2F)nc1. The maximum absolute atomic E-state index is 13.3. The zero-order valence-corrected chi connectivity index (χ0v) is 9.60. The number of hydrogen-bond acceptors (Lipinski definition) is 3. The van der Waals surface area contributed by atoms with Crippen molar-refractivity contribution >= 4 is 0 Å². The van der Waals surface area contributed by atoms with E-state index in [0.29, 0.717) is 5.56 Å². The molecule has 1 atom stereocenters. The van der Waals surface area contributed by atoms with Crippen LogP contribution in [0, 0.1) is 11.6 Å². The van der Waals surface area contributed by atoms with E-state index in [1.807, 2.05) is 0 Å². The Bertz CT molecular complexity index is 541. The molecule has 0 radical (unpaired) electrons. The minimum atomic E-state index is -0.669. The first-order valence-electron chi connectivity index (χ1n) is 5.33. The number of pyridine rings is 1. The molecule has 1 aromatic heterocycles. The fraction of sp³-hybridized carbons (Fsp3) is 0.154. The summed E-state index contributed by atoms with van der Waals surface area (Å²) >= 11 is 0. The molecule has 0 bridgehead atoms. The third kappa shape index (κ3) is 2.81. The Hall–Kier alpha value is -2.01.